The molecule has 108 valence electrons. The van der Waals surface area contributed by atoms with Crippen molar-refractivity contribution in [1.82, 2.24) is 14.5 Å². The molecule has 4 atom stereocenters. The monoisotopic (exact) mass is 284 g/mol. The van der Waals surface area contributed by atoms with E-state index in [9.17, 15) is 14.6 Å². The maximum atomic E-state index is 14.1. The summed E-state index contributed by atoms with van der Waals surface area (Å²) in [5.41, 5.74) is 6.01. The van der Waals surface area contributed by atoms with Gasteiger partial charge in [-0.05, 0) is 6.07 Å². The van der Waals surface area contributed by atoms with Gasteiger partial charge in [-0.15, -0.1) is 0 Å². The Morgan fingerprint density at radius 3 is 2.85 bits per heavy atom. The molecule has 0 spiro atoms. The zero-order valence-electron chi connectivity index (χ0n) is 10.2. The third kappa shape index (κ3) is 1.68. The van der Waals surface area contributed by atoms with Crippen LogP contribution in [-0.2, 0) is 4.74 Å². The molecule has 0 unspecified atom stereocenters. The van der Waals surface area contributed by atoms with E-state index >= 15 is 0 Å². The Hall–Kier alpha value is -1.81. The molecule has 0 aliphatic carbocycles. The number of alkyl halides is 1. The SMILES string of the molecule is Nc1ncnc2c1ccn2[C@@H]1O[C@](F)(CO)[C@@H](O)[C@H]1O. The van der Waals surface area contributed by atoms with Crippen LogP contribution in [0.2, 0.25) is 0 Å². The Balaban J connectivity index is 2.06. The third-order valence-electron chi connectivity index (χ3n) is 3.40. The topological polar surface area (TPSA) is 127 Å². The summed E-state index contributed by atoms with van der Waals surface area (Å²) in [6, 6.07) is 1.59. The zero-order valence-corrected chi connectivity index (χ0v) is 10.2. The first-order valence-electron chi connectivity index (χ1n) is 5.88. The van der Waals surface area contributed by atoms with E-state index < -0.39 is 30.9 Å². The standard InChI is InChI=1S/C11H13FN4O4/c12-11(3-17)7(19)6(18)10(20-11)16-2-1-5-8(13)14-4-15-9(5)16/h1-2,4,6-7,10,17-19H,3H2,(H2,13,14,15)/t6-,7+,10-,11-/m1/s1. The molecule has 3 rings (SSSR count). The summed E-state index contributed by atoms with van der Waals surface area (Å²) in [4.78, 5) is 7.81. The smallest absolute Gasteiger partial charge is 0.263 e. The summed E-state index contributed by atoms with van der Waals surface area (Å²) >= 11 is 0. The van der Waals surface area contributed by atoms with Gasteiger partial charge in [-0.25, -0.2) is 14.4 Å². The van der Waals surface area contributed by atoms with E-state index in [1.54, 1.807) is 6.07 Å². The van der Waals surface area contributed by atoms with Crippen molar-refractivity contribution in [3.63, 3.8) is 0 Å². The molecule has 1 aliphatic rings. The first-order chi connectivity index (χ1) is 9.48. The third-order valence-corrected chi connectivity index (χ3v) is 3.40. The number of aliphatic hydroxyl groups excluding tert-OH is 3. The number of aromatic nitrogens is 3. The molecule has 20 heavy (non-hydrogen) atoms. The fourth-order valence-electron chi connectivity index (χ4n) is 2.30. The normalized spacial score (nSPS) is 33.9. The average molecular weight is 284 g/mol. The number of nitrogen functional groups attached to an aromatic ring is 1. The highest BCUT2D eigenvalue weighted by atomic mass is 19.2. The molecule has 5 N–H and O–H groups in total. The molecule has 0 amide bonds. The minimum absolute atomic E-state index is 0.232. The number of rotatable bonds is 2. The molecule has 0 radical (unpaired) electrons. The summed E-state index contributed by atoms with van der Waals surface area (Å²) in [6.07, 6.45) is -1.94. The quantitative estimate of drug-likeness (QED) is 0.552. The van der Waals surface area contributed by atoms with Crippen molar-refractivity contribution in [2.45, 2.75) is 24.3 Å². The average Bonchev–Trinajstić information content (AvgIpc) is 2.96. The molecule has 0 saturated carbocycles. The number of nitrogens with two attached hydrogens (primary N) is 1. The van der Waals surface area contributed by atoms with Gasteiger partial charge < -0.3 is 30.4 Å². The van der Waals surface area contributed by atoms with Crippen molar-refractivity contribution < 1.29 is 24.4 Å². The van der Waals surface area contributed by atoms with Gasteiger partial charge in [0.15, 0.2) is 6.23 Å². The van der Waals surface area contributed by atoms with E-state index in [4.69, 9.17) is 15.6 Å². The van der Waals surface area contributed by atoms with E-state index in [1.165, 1.54) is 17.1 Å². The Bertz CT molecular complexity index is 650. The van der Waals surface area contributed by atoms with E-state index in [0.717, 1.165) is 0 Å². The van der Waals surface area contributed by atoms with Crippen LogP contribution in [0.4, 0.5) is 10.2 Å². The van der Waals surface area contributed by atoms with Crippen LogP contribution in [-0.4, -0.2) is 54.5 Å². The minimum atomic E-state index is -2.72. The maximum absolute atomic E-state index is 14.1. The molecule has 2 aromatic heterocycles. The number of anilines is 1. The van der Waals surface area contributed by atoms with Gasteiger partial charge in [0.05, 0.1) is 5.39 Å². The molecule has 0 bridgehead atoms. The van der Waals surface area contributed by atoms with Gasteiger partial charge in [0.25, 0.3) is 5.85 Å². The zero-order chi connectivity index (χ0) is 14.5. The number of fused-ring (bicyclic) bond motifs is 1. The van der Waals surface area contributed by atoms with Gasteiger partial charge in [0, 0.05) is 6.20 Å². The van der Waals surface area contributed by atoms with Crippen molar-refractivity contribution >= 4 is 16.9 Å². The van der Waals surface area contributed by atoms with Gasteiger partial charge >= 0.3 is 0 Å². The largest absolute Gasteiger partial charge is 0.390 e. The van der Waals surface area contributed by atoms with Gasteiger partial charge in [-0.1, -0.05) is 0 Å². The van der Waals surface area contributed by atoms with Gasteiger partial charge in [0.2, 0.25) is 0 Å². The van der Waals surface area contributed by atoms with Crippen molar-refractivity contribution in [1.29, 1.82) is 0 Å². The van der Waals surface area contributed by atoms with Gasteiger partial charge in [0.1, 0.15) is 36.6 Å². The predicted molar refractivity (Wildman–Crippen MR) is 65.0 cm³/mol. The molecule has 9 heteroatoms. The second kappa shape index (κ2) is 4.35. The fourth-order valence-corrected chi connectivity index (χ4v) is 2.30. The van der Waals surface area contributed by atoms with Crippen LogP contribution >= 0.6 is 0 Å². The van der Waals surface area contributed by atoms with E-state index in [1.807, 2.05) is 0 Å². The highest BCUT2D eigenvalue weighted by molar-refractivity contribution is 5.86. The lowest BCUT2D eigenvalue weighted by atomic mass is 10.1. The van der Waals surface area contributed by atoms with Gasteiger partial charge in [-0.2, -0.15) is 0 Å². The number of hydrogen-bond donors (Lipinski definition) is 4. The maximum Gasteiger partial charge on any atom is 0.263 e. The summed E-state index contributed by atoms with van der Waals surface area (Å²) in [6.45, 7) is -1.07. The molecule has 1 saturated heterocycles. The fraction of sp³-hybridized carbons (Fsp3) is 0.455. The summed E-state index contributed by atoms with van der Waals surface area (Å²) in [7, 11) is 0. The molecular formula is C11H13FN4O4. The Morgan fingerprint density at radius 1 is 1.45 bits per heavy atom. The van der Waals surface area contributed by atoms with Crippen LogP contribution in [0.1, 0.15) is 6.23 Å². The van der Waals surface area contributed by atoms with E-state index in [-0.39, 0.29) is 5.82 Å². The first kappa shape index (κ1) is 13.2. The van der Waals surface area contributed by atoms with Crippen molar-refractivity contribution in [3.05, 3.63) is 18.6 Å². The number of aliphatic hydroxyl groups is 3. The van der Waals surface area contributed by atoms with Crippen molar-refractivity contribution in [2.75, 3.05) is 12.3 Å². The Morgan fingerprint density at radius 2 is 2.20 bits per heavy atom. The lowest BCUT2D eigenvalue weighted by Crippen LogP contribution is -2.42. The van der Waals surface area contributed by atoms with Crippen molar-refractivity contribution in [3.8, 4) is 0 Å². The Kier molecular flexibility index (Phi) is 2.87. The lowest BCUT2D eigenvalue weighted by Gasteiger charge is -2.20. The van der Waals surface area contributed by atoms with E-state index in [2.05, 4.69) is 9.97 Å². The van der Waals surface area contributed by atoms with Crippen LogP contribution in [0.25, 0.3) is 11.0 Å². The number of halogens is 1. The highest BCUT2D eigenvalue weighted by Crippen LogP contribution is 2.39. The molecule has 3 heterocycles. The molecule has 2 aromatic rings. The molecule has 8 nitrogen and oxygen atoms in total. The summed E-state index contributed by atoms with van der Waals surface area (Å²) in [5, 5.41) is 29.0. The second-order valence-corrected chi connectivity index (χ2v) is 4.61. The first-order valence-corrected chi connectivity index (χ1v) is 5.88. The number of hydrogen-bond acceptors (Lipinski definition) is 7. The van der Waals surface area contributed by atoms with Crippen molar-refractivity contribution in [2.24, 2.45) is 0 Å². The van der Waals surface area contributed by atoms with Crippen LogP contribution in [0, 0.1) is 0 Å². The summed E-state index contributed by atoms with van der Waals surface area (Å²) < 4.78 is 20.3. The molecule has 1 fully saturated rings. The van der Waals surface area contributed by atoms with Crippen LogP contribution in [0.3, 0.4) is 0 Å². The number of nitrogens with zero attached hydrogens (tertiary/aromatic N) is 3. The highest BCUT2D eigenvalue weighted by Gasteiger charge is 2.55. The molecule has 1 aliphatic heterocycles. The van der Waals surface area contributed by atoms with Gasteiger partial charge in [-0.3, -0.25) is 0 Å². The molecule has 0 aromatic carbocycles. The minimum Gasteiger partial charge on any atom is -0.390 e. The van der Waals surface area contributed by atoms with Crippen LogP contribution < -0.4 is 5.73 Å². The predicted octanol–water partition coefficient (Wildman–Crippen LogP) is -1.08. The van der Waals surface area contributed by atoms with E-state index in [0.29, 0.717) is 11.0 Å². The Labute approximate surface area is 112 Å². The summed E-state index contributed by atoms with van der Waals surface area (Å²) in [5.74, 6) is -2.49. The van der Waals surface area contributed by atoms with Crippen LogP contribution in [0.15, 0.2) is 18.6 Å². The van der Waals surface area contributed by atoms with Crippen LogP contribution in [0.5, 0.6) is 0 Å². The molecular weight excluding hydrogens is 271 g/mol. The number of ether oxygens (including phenoxy) is 1. The second-order valence-electron chi connectivity index (χ2n) is 4.61. The lowest BCUT2D eigenvalue weighted by molar-refractivity contribution is -0.206.